The van der Waals surface area contributed by atoms with E-state index in [9.17, 15) is 14.4 Å². The Hall–Kier alpha value is -3.29. The number of hydrogen-bond donors (Lipinski definition) is 4. The zero-order chi connectivity index (χ0) is 18.1. The molecule has 132 valence electrons. The molecule has 0 atom stereocenters. The van der Waals surface area contributed by atoms with Gasteiger partial charge in [0.25, 0.3) is 5.91 Å². The summed E-state index contributed by atoms with van der Waals surface area (Å²) in [5, 5.41) is 10.5. The van der Waals surface area contributed by atoms with Gasteiger partial charge in [-0.15, -0.1) is 0 Å². The molecule has 0 saturated heterocycles. The summed E-state index contributed by atoms with van der Waals surface area (Å²) in [7, 11) is 1.53. The maximum absolute atomic E-state index is 11.9. The van der Waals surface area contributed by atoms with Crippen molar-refractivity contribution in [2.75, 3.05) is 24.2 Å². The number of urea groups is 1. The van der Waals surface area contributed by atoms with Crippen LogP contribution in [-0.2, 0) is 4.79 Å². The fourth-order valence-electron chi connectivity index (χ4n) is 2.00. The van der Waals surface area contributed by atoms with Crippen molar-refractivity contribution in [2.45, 2.75) is 12.8 Å². The molecule has 0 saturated carbocycles. The Bertz CT molecular complexity index is 711. The van der Waals surface area contributed by atoms with Crippen molar-refractivity contribution >= 4 is 29.2 Å². The predicted molar refractivity (Wildman–Crippen MR) is 93.4 cm³/mol. The van der Waals surface area contributed by atoms with Gasteiger partial charge in [-0.05, 0) is 42.8 Å². The molecule has 1 aromatic carbocycles. The highest BCUT2D eigenvalue weighted by Crippen LogP contribution is 2.13. The van der Waals surface area contributed by atoms with Crippen LogP contribution in [-0.4, -0.2) is 31.4 Å². The summed E-state index contributed by atoms with van der Waals surface area (Å²) < 4.78 is 4.97. The number of furan rings is 1. The third-order valence-electron chi connectivity index (χ3n) is 3.26. The number of anilines is 2. The van der Waals surface area contributed by atoms with Crippen molar-refractivity contribution in [2.24, 2.45) is 0 Å². The number of nitrogens with one attached hydrogen (secondary N) is 4. The zero-order valence-electron chi connectivity index (χ0n) is 13.8. The molecular weight excluding hydrogens is 324 g/mol. The van der Waals surface area contributed by atoms with Crippen molar-refractivity contribution in [3.8, 4) is 0 Å². The van der Waals surface area contributed by atoms with E-state index in [1.165, 1.54) is 13.3 Å². The zero-order valence-corrected chi connectivity index (χ0v) is 13.8. The molecule has 4 N–H and O–H groups in total. The van der Waals surface area contributed by atoms with Crippen LogP contribution in [0, 0.1) is 0 Å². The second-order valence-corrected chi connectivity index (χ2v) is 5.17. The Morgan fingerprint density at radius 1 is 1.00 bits per heavy atom. The van der Waals surface area contributed by atoms with Crippen LogP contribution >= 0.6 is 0 Å². The summed E-state index contributed by atoms with van der Waals surface area (Å²) in [6.07, 6.45) is 2.21. The van der Waals surface area contributed by atoms with Crippen LogP contribution in [0.3, 0.4) is 0 Å². The molecule has 0 aliphatic rings. The minimum absolute atomic E-state index is 0.153. The second-order valence-electron chi connectivity index (χ2n) is 5.17. The molecule has 2 rings (SSSR count). The number of rotatable bonds is 7. The molecule has 0 aliphatic heterocycles. The van der Waals surface area contributed by atoms with E-state index in [1.54, 1.807) is 36.4 Å². The summed E-state index contributed by atoms with van der Waals surface area (Å²) in [6.45, 7) is 0.377. The van der Waals surface area contributed by atoms with Crippen molar-refractivity contribution in [1.29, 1.82) is 0 Å². The van der Waals surface area contributed by atoms with E-state index in [2.05, 4.69) is 21.3 Å². The highest BCUT2D eigenvalue weighted by Gasteiger charge is 2.08. The molecule has 8 nitrogen and oxygen atoms in total. The molecule has 1 heterocycles. The van der Waals surface area contributed by atoms with Crippen molar-refractivity contribution in [1.82, 2.24) is 10.6 Å². The van der Waals surface area contributed by atoms with Gasteiger partial charge in [0.15, 0.2) is 5.76 Å². The summed E-state index contributed by atoms with van der Waals surface area (Å²) in [5.74, 6) is -0.209. The predicted octanol–water partition coefficient (Wildman–Crippen LogP) is 2.18. The van der Waals surface area contributed by atoms with E-state index >= 15 is 0 Å². The van der Waals surface area contributed by atoms with Crippen LogP contribution in [0.15, 0.2) is 47.1 Å². The van der Waals surface area contributed by atoms with Gasteiger partial charge in [0, 0.05) is 31.4 Å². The fraction of sp³-hybridized carbons (Fsp3) is 0.235. The lowest BCUT2D eigenvalue weighted by atomic mass is 10.2. The smallest absolute Gasteiger partial charge is 0.318 e. The highest BCUT2D eigenvalue weighted by atomic mass is 16.3. The van der Waals surface area contributed by atoms with Crippen LogP contribution in [0.4, 0.5) is 16.2 Å². The average Bonchev–Trinajstić information content (AvgIpc) is 3.15. The first-order valence-electron chi connectivity index (χ1n) is 7.79. The Labute approximate surface area is 145 Å². The normalized spacial score (nSPS) is 9.96. The van der Waals surface area contributed by atoms with Crippen molar-refractivity contribution in [3.63, 3.8) is 0 Å². The maximum Gasteiger partial charge on any atom is 0.318 e. The Morgan fingerprint density at radius 2 is 1.68 bits per heavy atom. The number of carbonyl (C=O) groups is 3. The molecule has 1 aromatic heterocycles. The molecule has 0 radical (unpaired) electrons. The van der Waals surface area contributed by atoms with Crippen LogP contribution in [0.1, 0.15) is 23.4 Å². The van der Waals surface area contributed by atoms with Gasteiger partial charge in [-0.25, -0.2) is 4.79 Å². The minimum atomic E-state index is -0.312. The van der Waals surface area contributed by atoms with Gasteiger partial charge in [-0.3, -0.25) is 9.59 Å². The van der Waals surface area contributed by atoms with Crippen LogP contribution < -0.4 is 21.3 Å². The van der Waals surface area contributed by atoms with E-state index in [0.717, 1.165) is 0 Å². The molecule has 25 heavy (non-hydrogen) atoms. The van der Waals surface area contributed by atoms with Crippen molar-refractivity contribution < 1.29 is 18.8 Å². The first-order valence-corrected chi connectivity index (χ1v) is 7.79. The number of hydrogen-bond acceptors (Lipinski definition) is 4. The molecule has 0 bridgehead atoms. The third kappa shape index (κ3) is 6.02. The van der Waals surface area contributed by atoms with E-state index in [4.69, 9.17) is 4.42 Å². The first-order chi connectivity index (χ1) is 12.1. The maximum atomic E-state index is 11.9. The molecule has 4 amide bonds. The van der Waals surface area contributed by atoms with E-state index in [1.807, 2.05) is 0 Å². The van der Waals surface area contributed by atoms with E-state index in [0.29, 0.717) is 24.3 Å². The average molecular weight is 344 g/mol. The standard InChI is InChI=1S/C17H20N4O4/c1-18-17(24)21-13-8-6-12(7-9-13)20-15(22)5-2-10-19-16(23)14-4-3-11-25-14/h3-4,6-9,11H,2,5,10H2,1H3,(H,19,23)(H,20,22)(H2,18,21,24). The molecule has 0 fully saturated rings. The lowest BCUT2D eigenvalue weighted by Crippen LogP contribution is -2.25. The van der Waals surface area contributed by atoms with Gasteiger partial charge in [-0.2, -0.15) is 0 Å². The van der Waals surface area contributed by atoms with Gasteiger partial charge in [-0.1, -0.05) is 0 Å². The van der Waals surface area contributed by atoms with Gasteiger partial charge in [0.05, 0.1) is 6.26 Å². The number of carbonyl (C=O) groups excluding carboxylic acids is 3. The van der Waals surface area contributed by atoms with Crippen LogP contribution in [0.25, 0.3) is 0 Å². The Kier molecular flexibility index (Phi) is 6.58. The van der Waals surface area contributed by atoms with Gasteiger partial charge < -0.3 is 25.7 Å². The van der Waals surface area contributed by atoms with E-state index < -0.39 is 0 Å². The molecular formula is C17H20N4O4. The molecule has 0 spiro atoms. The number of benzene rings is 1. The van der Waals surface area contributed by atoms with Gasteiger partial charge in [0.1, 0.15) is 0 Å². The minimum Gasteiger partial charge on any atom is -0.459 e. The fourth-order valence-corrected chi connectivity index (χ4v) is 2.00. The summed E-state index contributed by atoms with van der Waals surface area (Å²) in [5.41, 5.74) is 1.25. The van der Waals surface area contributed by atoms with E-state index in [-0.39, 0.29) is 30.0 Å². The summed E-state index contributed by atoms with van der Waals surface area (Å²) in [4.78, 5) is 34.7. The largest absolute Gasteiger partial charge is 0.459 e. The quantitative estimate of drug-likeness (QED) is 0.577. The highest BCUT2D eigenvalue weighted by molar-refractivity contribution is 5.93. The molecule has 0 unspecified atom stereocenters. The lowest BCUT2D eigenvalue weighted by Gasteiger charge is -2.08. The molecule has 8 heteroatoms. The molecule has 0 aliphatic carbocycles. The van der Waals surface area contributed by atoms with Crippen molar-refractivity contribution in [3.05, 3.63) is 48.4 Å². The summed E-state index contributed by atoms with van der Waals surface area (Å²) in [6, 6.07) is 9.67. The lowest BCUT2D eigenvalue weighted by molar-refractivity contribution is -0.116. The Morgan fingerprint density at radius 3 is 2.28 bits per heavy atom. The summed E-state index contributed by atoms with van der Waals surface area (Å²) >= 11 is 0. The number of amides is 4. The van der Waals surface area contributed by atoms with Gasteiger partial charge >= 0.3 is 6.03 Å². The first kappa shape index (κ1) is 18.1. The topological polar surface area (TPSA) is 112 Å². The van der Waals surface area contributed by atoms with Crippen LogP contribution in [0.2, 0.25) is 0 Å². The molecule has 2 aromatic rings. The Balaban J connectivity index is 1.68. The monoisotopic (exact) mass is 344 g/mol. The van der Waals surface area contributed by atoms with Gasteiger partial charge in [0.2, 0.25) is 5.91 Å². The third-order valence-corrected chi connectivity index (χ3v) is 3.26. The SMILES string of the molecule is CNC(=O)Nc1ccc(NC(=O)CCCNC(=O)c2ccco2)cc1. The van der Waals surface area contributed by atoms with Crippen LogP contribution in [0.5, 0.6) is 0 Å². The second kappa shape index (κ2) is 9.11.